The fraction of sp³-hybridized carbons (Fsp3) is 0.654. The van der Waals surface area contributed by atoms with E-state index in [1.165, 1.54) is 68.1 Å². The summed E-state index contributed by atoms with van der Waals surface area (Å²) in [4.78, 5) is 0. The van der Waals surface area contributed by atoms with Gasteiger partial charge in [-0.2, -0.15) is 0 Å². The van der Waals surface area contributed by atoms with Crippen molar-refractivity contribution >= 4 is 0 Å². The number of aromatic hydroxyl groups is 3. The second-order valence-electron chi connectivity index (χ2n) is 22.1. The van der Waals surface area contributed by atoms with Crippen LogP contribution in [0.4, 0.5) is 0 Å². The highest BCUT2D eigenvalue weighted by atomic mass is 16.3. The zero-order valence-electron chi connectivity index (χ0n) is 35.6. The largest absolute Gasteiger partial charge is 0.507 e. The van der Waals surface area contributed by atoms with Gasteiger partial charge in [0.2, 0.25) is 0 Å². The van der Waals surface area contributed by atoms with E-state index >= 15 is 0 Å². The quantitative estimate of drug-likeness (QED) is 0.244. The second-order valence-corrected chi connectivity index (χ2v) is 22.1. The van der Waals surface area contributed by atoms with E-state index < -0.39 is 10.8 Å². The van der Waals surface area contributed by atoms with Crippen molar-refractivity contribution in [2.75, 3.05) is 0 Å². The standard InChI is InChI=1S/C52H70O3/c1-10-31-27-42(51(21-19-36-32-11-15-34(16-12-32)44(36)51)40-25-29(2)23-38(46(40)53)49(4,5)6)48(55)43(28-31)52(22-20-37-33-13-17-35(18-14-33)45(37)52)41-26-30(3)24-39(47(41)54)50(7,8)9/h23-28,32-37,44-45,53-55H,10-22H2,1-9H3. The topological polar surface area (TPSA) is 60.7 Å². The van der Waals surface area contributed by atoms with Gasteiger partial charge in [-0.25, -0.2) is 0 Å². The average molecular weight is 743 g/mol. The van der Waals surface area contributed by atoms with E-state index in [-0.39, 0.29) is 10.8 Å². The summed E-state index contributed by atoms with van der Waals surface area (Å²) in [5, 5.41) is 39.1. The molecule has 8 aliphatic rings. The van der Waals surface area contributed by atoms with Gasteiger partial charge in [0.25, 0.3) is 0 Å². The average Bonchev–Trinajstić information content (AvgIpc) is 3.78. The molecule has 11 rings (SSSR count). The van der Waals surface area contributed by atoms with Crippen molar-refractivity contribution in [1.82, 2.24) is 0 Å². The SMILES string of the molecule is CCc1cc(C2(c3cc(C)cc(C(C)(C)C)c3O)CCC3C4CCC(CC4)C32)c(O)c(C2(c3cc(C)cc(C(C)(C)C)c3O)CCC3C4CCC(CC4)C32)c1. The molecule has 3 heteroatoms. The van der Waals surface area contributed by atoms with Crippen molar-refractivity contribution in [2.45, 2.75) is 167 Å². The highest BCUT2D eigenvalue weighted by Crippen LogP contribution is 2.71. The van der Waals surface area contributed by atoms with Gasteiger partial charge < -0.3 is 15.3 Å². The number of rotatable bonds is 5. The van der Waals surface area contributed by atoms with Crippen LogP contribution in [0.2, 0.25) is 0 Å². The van der Waals surface area contributed by atoms with Gasteiger partial charge in [-0.05, 0) is 172 Å². The van der Waals surface area contributed by atoms with Crippen molar-refractivity contribution in [3.63, 3.8) is 0 Å². The zero-order valence-corrected chi connectivity index (χ0v) is 35.6. The molecule has 8 saturated carbocycles. The van der Waals surface area contributed by atoms with E-state index in [1.54, 1.807) is 0 Å². The molecule has 3 aromatic rings. The van der Waals surface area contributed by atoms with Gasteiger partial charge in [-0.1, -0.05) is 96.0 Å². The number of aryl methyl sites for hydroxylation is 3. The van der Waals surface area contributed by atoms with Crippen LogP contribution in [0.25, 0.3) is 0 Å². The number of hydrogen-bond donors (Lipinski definition) is 3. The van der Waals surface area contributed by atoms with Crippen molar-refractivity contribution in [3.05, 3.63) is 86.5 Å². The summed E-state index contributed by atoms with van der Waals surface area (Å²) >= 11 is 0. The molecule has 296 valence electrons. The van der Waals surface area contributed by atoms with Crippen LogP contribution < -0.4 is 0 Å². The third-order valence-corrected chi connectivity index (χ3v) is 17.3. The Morgan fingerprint density at radius 2 is 0.836 bits per heavy atom. The lowest BCUT2D eigenvalue weighted by Crippen LogP contribution is -2.48. The molecule has 8 fully saturated rings. The number of fused-ring (bicyclic) bond motifs is 4. The second kappa shape index (κ2) is 12.8. The predicted octanol–water partition coefficient (Wildman–Crippen LogP) is 12.8. The highest BCUT2D eigenvalue weighted by Gasteiger charge is 2.63. The van der Waals surface area contributed by atoms with Crippen LogP contribution in [0.1, 0.15) is 176 Å². The molecule has 4 bridgehead atoms. The summed E-state index contributed by atoms with van der Waals surface area (Å²) in [5.74, 6) is 6.06. The zero-order chi connectivity index (χ0) is 39.0. The molecule has 0 saturated heterocycles. The van der Waals surface area contributed by atoms with Gasteiger partial charge in [0, 0.05) is 33.1 Å². The number of phenols is 3. The summed E-state index contributed by atoms with van der Waals surface area (Å²) in [6.07, 6.45) is 15.5. The van der Waals surface area contributed by atoms with Gasteiger partial charge in [-0.3, -0.25) is 0 Å². The molecule has 3 N–H and O–H groups in total. The first-order chi connectivity index (χ1) is 26.0. The maximum atomic E-state index is 13.7. The molecule has 3 aromatic carbocycles. The summed E-state index contributed by atoms with van der Waals surface area (Å²) in [6, 6.07) is 13.8. The maximum absolute atomic E-state index is 13.7. The predicted molar refractivity (Wildman–Crippen MR) is 225 cm³/mol. The summed E-state index contributed by atoms with van der Waals surface area (Å²) in [6.45, 7) is 20.0. The van der Waals surface area contributed by atoms with Crippen molar-refractivity contribution in [1.29, 1.82) is 0 Å². The molecule has 0 aliphatic heterocycles. The smallest absolute Gasteiger partial charge is 0.123 e. The van der Waals surface area contributed by atoms with Crippen LogP contribution in [0.5, 0.6) is 17.2 Å². The molecule has 0 aromatic heterocycles. The van der Waals surface area contributed by atoms with E-state index in [2.05, 4.69) is 98.7 Å². The van der Waals surface area contributed by atoms with Crippen LogP contribution in [0.3, 0.4) is 0 Å². The number of hydrogen-bond acceptors (Lipinski definition) is 3. The molecule has 6 unspecified atom stereocenters. The Hall–Kier alpha value is -2.94. The third kappa shape index (κ3) is 5.39. The van der Waals surface area contributed by atoms with Crippen LogP contribution in [0, 0.1) is 61.2 Å². The lowest BCUT2D eigenvalue weighted by atomic mass is 9.50. The molecule has 3 nitrogen and oxygen atoms in total. The first-order valence-electron chi connectivity index (χ1n) is 22.6. The number of phenolic OH excluding ortho intramolecular Hbond substituents is 3. The monoisotopic (exact) mass is 743 g/mol. The number of benzene rings is 3. The minimum absolute atomic E-state index is 0.217. The Balaban J connectivity index is 1.37. The Labute approximate surface area is 332 Å². The van der Waals surface area contributed by atoms with Gasteiger partial charge in [0.05, 0.1) is 0 Å². The van der Waals surface area contributed by atoms with E-state index in [1.807, 2.05) is 0 Å². The maximum Gasteiger partial charge on any atom is 0.123 e. The molecule has 6 atom stereocenters. The fourth-order valence-electron chi connectivity index (χ4n) is 15.1. The van der Waals surface area contributed by atoms with Crippen LogP contribution >= 0.6 is 0 Å². The van der Waals surface area contributed by atoms with E-state index in [9.17, 15) is 15.3 Å². The molecule has 0 heterocycles. The molecular weight excluding hydrogens is 673 g/mol. The minimum atomic E-state index is -0.482. The van der Waals surface area contributed by atoms with Crippen molar-refractivity contribution in [2.24, 2.45) is 47.3 Å². The summed E-state index contributed by atoms with van der Waals surface area (Å²) in [5.41, 5.74) is 8.60. The normalized spacial score (nSPS) is 35.3. The Bertz CT molecular complexity index is 1850. The van der Waals surface area contributed by atoms with Crippen LogP contribution in [-0.2, 0) is 28.1 Å². The van der Waals surface area contributed by atoms with Crippen LogP contribution in [-0.4, -0.2) is 15.3 Å². The van der Waals surface area contributed by atoms with Crippen molar-refractivity contribution < 1.29 is 15.3 Å². The first kappa shape index (κ1) is 37.6. The Kier molecular flexibility index (Phi) is 8.74. The molecule has 0 amide bonds. The third-order valence-electron chi connectivity index (χ3n) is 17.3. The molecule has 0 radical (unpaired) electrons. The molecular formula is C52H70O3. The molecule has 55 heavy (non-hydrogen) atoms. The van der Waals surface area contributed by atoms with E-state index in [4.69, 9.17) is 0 Å². The van der Waals surface area contributed by atoms with Gasteiger partial charge in [0.1, 0.15) is 17.2 Å². The molecule has 8 aliphatic carbocycles. The summed E-state index contributed by atoms with van der Waals surface area (Å²) in [7, 11) is 0. The fourth-order valence-corrected chi connectivity index (χ4v) is 15.1. The highest BCUT2D eigenvalue weighted by molar-refractivity contribution is 5.65. The Morgan fingerprint density at radius 3 is 1.18 bits per heavy atom. The first-order valence-corrected chi connectivity index (χ1v) is 22.6. The lowest BCUT2D eigenvalue weighted by Gasteiger charge is -2.54. The van der Waals surface area contributed by atoms with Gasteiger partial charge >= 0.3 is 0 Å². The van der Waals surface area contributed by atoms with E-state index in [0.717, 1.165) is 77.3 Å². The minimum Gasteiger partial charge on any atom is -0.507 e. The van der Waals surface area contributed by atoms with Crippen LogP contribution in [0.15, 0.2) is 36.4 Å². The lowest BCUT2D eigenvalue weighted by molar-refractivity contribution is 0.0185. The van der Waals surface area contributed by atoms with Gasteiger partial charge in [0.15, 0.2) is 0 Å². The van der Waals surface area contributed by atoms with Crippen molar-refractivity contribution in [3.8, 4) is 17.2 Å². The van der Waals surface area contributed by atoms with Gasteiger partial charge in [-0.15, -0.1) is 0 Å². The van der Waals surface area contributed by atoms with E-state index in [0.29, 0.717) is 52.8 Å². The summed E-state index contributed by atoms with van der Waals surface area (Å²) < 4.78 is 0. The Morgan fingerprint density at radius 1 is 0.491 bits per heavy atom. The molecule has 0 spiro atoms.